The van der Waals surface area contributed by atoms with E-state index in [4.69, 9.17) is 16.7 Å². The van der Waals surface area contributed by atoms with Gasteiger partial charge in [-0.3, -0.25) is 10.1 Å². The van der Waals surface area contributed by atoms with Crippen LogP contribution in [0, 0.1) is 0 Å². The van der Waals surface area contributed by atoms with Crippen molar-refractivity contribution in [2.45, 2.75) is 6.54 Å². The maximum absolute atomic E-state index is 11.7. The van der Waals surface area contributed by atoms with Gasteiger partial charge >= 0.3 is 12.0 Å². The van der Waals surface area contributed by atoms with E-state index in [9.17, 15) is 9.59 Å². The number of amides is 2. The lowest BCUT2D eigenvalue weighted by atomic mass is 10.3. The number of rotatable bonds is 4. The van der Waals surface area contributed by atoms with Crippen molar-refractivity contribution in [2.75, 3.05) is 10.6 Å². The molecule has 0 saturated carbocycles. The summed E-state index contributed by atoms with van der Waals surface area (Å²) in [6, 6.07) is 6.10. The number of halogens is 1. The second-order valence-corrected chi connectivity index (χ2v) is 4.22. The van der Waals surface area contributed by atoms with Crippen molar-refractivity contribution in [3.05, 3.63) is 35.5 Å². The molecule has 2 aromatic rings. The molecule has 0 aliphatic heterocycles. The van der Waals surface area contributed by atoms with Crippen molar-refractivity contribution in [3.63, 3.8) is 0 Å². The first-order valence-electron chi connectivity index (χ1n) is 5.48. The predicted octanol–water partition coefficient (Wildman–Crippen LogP) is 1.66. The van der Waals surface area contributed by atoms with E-state index in [0.29, 0.717) is 10.7 Å². The van der Waals surface area contributed by atoms with Gasteiger partial charge in [-0.25, -0.2) is 9.48 Å². The highest BCUT2D eigenvalue weighted by molar-refractivity contribution is 6.30. The minimum Gasteiger partial charge on any atom is -0.480 e. The molecule has 0 radical (unpaired) electrons. The fraction of sp³-hybridized carbons (Fsp3) is 0.0909. The molecule has 8 nitrogen and oxygen atoms in total. The Hall–Kier alpha value is -2.61. The minimum atomic E-state index is -1.05. The predicted molar refractivity (Wildman–Crippen MR) is 71.8 cm³/mol. The number of aromatic nitrogens is 3. The molecule has 1 aromatic heterocycles. The van der Waals surface area contributed by atoms with Crippen LogP contribution in [0.3, 0.4) is 0 Å². The van der Waals surface area contributed by atoms with Gasteiger partial charge in [-0.05, 0) is 18.2 Å². The lowest BCUT2D eigenvalue weighted by Crippen LogP contribution is -2.19. The number of anilines is 2. The second kappa shape index (κ2) is 6.02. The number of aliphatic carboxylic acids is 1. The normalized spacial score (nSPS) is 10.1. The molecular weight excluding hydrogens is 286 g/mol. The summed E-state index contributed by atoms with van der Waals surface area (Å²) in [5.74, 6) is -0.907. The molecule has 3 N–H and O–H groups in total. The summed E-state index contributed by atoms with van der Waals surface area (Å²) in [5, 5.41) is 21.2. The molecule has 2 amide bonds. The van der Waals surface area contributed by atoms with Gasteiger partial charge in [-0.2, -0.15) is 0 Å². The number of carboxylic acid groups (broad SMARTS) is 1. The first-order chi connectivity index (χ1) is 9.52. The summed E-state index contributed by atoms with van der Waals surface area (Å²) < 4.78 is 1.09. The van der Waals surface area contributed by atoms with Crippen molar-refractivity contribution in [1.29, 1.82) is 0 Å². The molecule has 2 rings (SSSR count). The van der Waals surface area contributed by atoms with Crippen molar-refractivity contribution in [1.82, 2.24) is 15.0 Å². The molecule has 0 unspecified atom stereocenters. The van der Waals surface area contributed by atoms with Crippen LogP contribution in [0.15, 0.2) is 30.5 Å². The number of hydrogen-bond donors (Lipinski definition) is 3. The van der Waals surface area contributed by atoms with Crippen molar-refractivity contribution in [3.8, 4) is 0 Å². The summed E-state index contributed by atoms with van der Waals surface area (Å²) in [7, 11) is 0. The van der Waals surface area contributed by atoms with Gasteiger partial charge in [0.15, 0.2) is 5.82 Å². The minimum absolute atomic E-state index is 0.144. The number of carbonyl (C=O) groups excluding carboxylic acids is 1. The largest absolute Gasteiger partial charge is 0.480 e. The first kappa shape index (κ1) is 13.8. The molecular formula is C11H10ClN5O3. The molecule has 104 valence electrons. The summed E-state index contributed by atoms with van der Waals surface area (Å²) in [6.45, 7) is -0.329. The Kier molecular flexibility index (Phi) is 4.16. The Morgan fingerprint density at radius 2 is 2.15 bits per heavy atom. The van der Waals surface area contributed by atoms with E-state index < -0.39 is 12.0 Å². The number of carbonyl (C=O) groups is 2. The molecule has 1 heterocycles. The van der Waals surface area contributed by atoms with E-state index in [0.717, 1.165) is 4.68 Å². The van der Waals surface area contributed by atoms with Crippen LogP contribution in [0.2, 0.25) is 5.02 Å². The van der Waals surface area contributed by atoms with Gasteiger partial charge in [-0.1, -0.05) is 22.9 Å². The maximum atomic E-state index is 11.7. The lowest BCUT2D eigenvalue weighted by Gasteiger charge is -2.05. The van der Waals surface area contributed by atoms with Crippen LogP contribution >= 0.6 is 11.6 Å². The van der Waals surface area contributed by atoms with Crippen molar-refractivity contribution < 1.29 is 14.7 Å². The smallest absolute Gasteiger partial charge is 0.325 e. The molecule has 0 spiro atoms. The van der Waals surface area contributed by atoms with Gasteiger partial charge in [0.05, 0.1) is 6.20 Å². The highest BCUT2D eigenvalue weighted by Gasteiger charge is 2.08. The first-order valence-corrected chi connectivity index (χ1v) is 5.86. The Morgan fingerprint density at radius 1 is 1.35 bits per heavy atom. The van der Waals surface area contributed by atoms with Crippen LogP contribution < -0.4 is 10.6 Å². The number of nitrogens with one attached hydrogen (secondary N) is 2. The average molecular weight is 296 g/mol. The summed E-state index contributed by atoms with van der Waals surface area (Å²) in [6.07, 6.45) is 1.31. The maximum Gasteiger partial charge on any atom is 0.325 e. The van der Waals surface area contributed by atoms with Gasteiger partial charge < -0.3 is 10.4 Å². The molecule has 0 aliphatic rings. The van der Waals surface area contributed by atoms with Crippen LogP contribution in [0.4, 0.5) is 16.3 Å². The highest BCUT2D eigenvalue weighted by Crippen LogP contribution is 2.15. The lowest BCUT2D eigenvalue weighted by molar-refractivity contribution is -0.137. The van der Waals surface area contributed by atoms with Gasteiger partial charge in [0.25, 0.3) is 0 Å². The van der Waals surface area contributed by atoms with E-state index in [1.807, 2.05) is 0 Å². The summed E-state index contributed by atoms with van der Waals surface area (Å²) in [4.78, 5) is 22.1. The van der Waals surface area contributed by atoms with Crippen LogP contribution in [-0.2, 0) is 11.3 Å². The van der Waals surface area contributed by atoms with Gasteiger partial charge in [0.2, 0.25) is 0 Å². The van der Waals surface area contributed by atoms with Crippen LogP contribution in [0.5, 0.6) is 0 Å². The van der Waals surface area contributed by atoms with E-state index in [1.165, 1.54) is 6.20 Å². The Bertz CT molecular complexity index is 642. The van der Waals surface area contributed by atoms with E-state index in [2.05, 4.69) is 20.9 Å². The Morgan fingerprint density at radius 3 is 2.85 bits per heavy atom. The van der Waals surface area contributed by atoms with Crippen LogP contribution in [0.25, 0.3) is 0 Å². The van der Waals surface area contributed by atoms with Crippen LogP contribution in [-0.4, -0.2) is 32.1 Å². The monoisotopic (exact) mass is 295 g/mol. The third-order valence-corrected chi connectivity index (χ3v) is 2.40. The zero-order valence-corrected chi connectivity index (χ0v) is 10.8. The zero-order valence-electron chi connectivity index (χ0n) is 10.1. The van der Waals surface area contributed by atoms with Gasteiger partial charge in [-0.15, -0.1) is 5.10 Å². The number of nitrogens with zero attached hydrogens (tertiary/aromatic N) is 3. The molecule has 1 aromatic carbocycles. The van der Waals surface area contributed by atoms with E-state index in [-0.39, 0.29) is 12.4 Å². The second-order valence-electron chi connectivity index (χ2n) is 3.78. The molecule has 0 saturated heterocycles. The fourth-order valence-electron chi connectivity index (χ4n) is 1.42. The quantitative estimate of drug-likeness (QED) is 0.794. The standard InChI is InChI=1S/C11H10ClN5O3/c12-7-2-1-3-8(4-7)13-11(20)14-9-5-17(16-15-9)6-10(18)19/h1-5H,6H2,(H,18,19)(H2,13,14,20). The topological polar surface area (TPSA) is 109 Å². The van der Waals surface area contributed by atoms with Crippen LogP contribution in [0.1, 0.15) is 0 Å². The Labute approximate surface area is 118 Å². The zero-order chi connectivity index (χ0) is 14.5. The molecule has 0 atom stereocenters. The average Bonchev–Trinajstić information content (AvgIpc) is 2.75. The molecule has 9 heteroatoms. The third kappa shape index (κ3) is 3.95. The number of benzene rings is 1. The van der Waals surface area contributed by atoms with Crippen molar-refractivity contribution >= 4 is 35.1 Å². The SMILES string of the molecule is O=C(O)Cn1cc(NC(=O)Nc2cccc(Cl)c2)nn1. The van der Waals surface area contributed by atoms with E-state index >= 15 is 0 Å². The number of carboxylic acids is 1. The number of urea groups is 1. The number of hydrogen-bond acceptors (Lipinski definition) is 4. The Balaban J connectivity index is 1.94. The molecule has 0 bridgehead atoms. The molecule has 20 heavy (non-hydrogen) atoms. The third-order valence-electron chi connectivity index (χ3n) is 2.16. The van der Waals surface area contributed by atoms with Gasteiger partial charge in [0.1, 0.15) is 6.54 Å². The molecule has 0 fully saturated rings. The van der Waals surface area contributed by atoms with E-state index in [1.54, 1.807) is 24.3 Å². The van der Waals surface area contributed by atoms with Crippen molar-refractivity contribution in [2.24, 2.45) is 0 Å². The summed E-state index contributed by atoms with van der Waals surface area (Å²) >= 11 is 5.79. The highest BCUT2D eigenvalue weighted by atomic mass is 35.5. The molecule has 0 aliphatic carbocycles. The fourth-order valence-corrected chi connectivity index (χ4v) is 1.61. The summed E-state index contributed by atoms with van der Waals surface area (Å²) in [5.41, 5.74) is 0.521. The van der Waals surface area contributed by atoms with Gasteiger partial charge in [0, 0.05) is 10.7 Å².